The van der Waals surface area contributed by atoms with Crippen LogP contribution in [0.25, 0.3) is 0 Å². The van der Waals surface area contributed by atoms with Gasteiger partial charge in [-0.25, -0.2) is 9.18 Å². The van der Waals surface area contributed by atoms with Crippen LogP contribution in [-0.4, -0.2) is 22.2 Å². The molecule has 3 rings (SSSR count). The third-order valence-corrected chi connectivity index (χ3v) is 4.33. The van der Waals surface area contributed by atoms with Gasteiger partial charge in [-0.05, 0) is 56.7 Å². The van der Waals surface area contributed by atoms with Crippen molar-refractivity contribution in [2.75, 3.05) is 10.6 Å². The van der Waals surface area contributed by atoms with Crippen molar-refractivity contribution in [3.05, 3.63) is 94.2 Å². The van der Waals surface area contributed by atoms with Crippen LogP contribution in [0.15, 0.2) is 71.7 Å². The summed E-state index contributed by atoms with van der Waals surface area (Å²) in [5, 5.41) is 4.99. The Hall–Kier alpha value is -3.94. The highest BCUT2D eigenvalue weighted by Crippen LogP contribution is 2.24. The number of aromatic nitrogens is 1. The molecule has 0 spiro atoms. The molecule has 3 aromatic rings. The zero-order chi connectivity index (χ0) is 23.3. The molecular weight excluding hydrogens is 413 g/mol. The van der Waals surface area contributed by atoms with Gasteiger partial charge in [-0.15, -0.1) is 0 Å². The van der Waals surface area contributed by atoms with E-state index in [4.69, 9.17) is 4.74 Å². The predicted molar refractivity (Wildman–Crippen MR) is 120 cm³/mol. The Balaban J connectivity index is 1.83. The van der Waals surface area contributed by atoms with Crippen LogP contribution in [0.5, 0.6) is 0 Å². The van der Waals surface area contributed by atoms with Crippen LogP contribution in [0, 0.1) is 5.82 Å². The summed E-state index contributed by atoms with van der Waals surface area (Å²) in [6, 6.07) is 15.8. The van der Waals surface area contributed by atoms with Crippen LogP contribution in [0.1, 0.15) is 36.7 Å². The zero-order valence-corrected chi connectivity index (χ0v) is 18.0. The van der Waals surface area contributed by atoms with Gasteiger partial charge in [0.15, 0.2) is 0 Å². The van der Waals surface area contributed by atoms with Crippen molar-refractivity contribution in [1.82, 2.24) is 4.57 Å². The molecular formula is C24H24FN3O4. The van der Waals surface area contributed by atoms with Crippen LogP contribution in [0.2, 0.25) is 0 Å². The standard InChI is InChI=1S/C24H24FN3O4/c1-24(2,3)32-23(31)27-19-12-11-17(25)14-20(19)26-21(29)18-10-7-13-28(22(18)30)15-16-8-5-4-6-9-16/h4-14H,15H2,1-3H3,(H,26,29)(H,27,31). The fourth-order valence-electron chi connectivity index (χ4n) is 2.95. The van der Waals surface area contributed by atoms with Crippen molar-refractivity contribution < 1.29 is 18.7 Å². The first-order valence-corrected chi connectivity index (χ1v) is 9.97. The number of carbonyl (C=O) groups excluding carboxylic acids is 2. The van der Waals surface area contributed by atoms with Gasteiger partial charge in [-0.2, -0.15) is 0 Å². The minimum absolute atomic E-state index is 0.00118. The molecule has 7 nitrogen and oxygen atoms in total. The molecule has 8 heteroatoms. The molecule has 0 saturated carbocycles. The maximum atomic E-state index is 13.8. The lowest BCUT2D eigenvalue weighted by molar-refractivity contribution is 0.0635. The molecule has 0 saturated heterocycles. The van der Waals surface area contributed by atoms with Gasteiger partial charge in [0.05, 0.1) is 17.9 Å². The number of carbonyl (C=O) groups is 2. The third-order valence-electron chi connectivity index (χ3n) is 4.33. The Morgan fingerprint density at radius 1 is 0.969 bits per heavy atom. The summed E-state index contributed by atoms with van der Waals surface area (Å²) in [6.07, 6.45) is 0.827. The highest BCUT2D eigenvalue weighted by atomic mass is 19.1. The van der Waals surface area contributed by atoms with Gasteiger partial charge in [0, 0.05) is 6.20 Å². The molecule has 1 aromatic heterocycles. The Labute approximate surface area is 184 Å². The number of ether oxygens (including phenoxy) is 1. The van der Waals surface area contributed by atoms with Crippen LogP contribution < -0.4 is 16.2 Å². The lowest BCUT2D eigenvalue weighted by Crippen LogP contribution is -2.30. The summed E-state index contributed by atoms with van der Waals surface area (Å²) in [6.45, 7) is 5.41. The second-order valence-corrected chi connectivity index (χ2v) is 8.11. The lowest BCUT2D eigenvalue weighted by Gasteiger charge is -2.20. The lowest BCUT2D eigenvalue weighted by atomic mass is 10.2. The number of benzene rings is 2. The van der Waals surface area contributed by atoms with E-state index in [1.807, 2.05) is 30.3 Å². The van der Waals surface area contributed by atoms with Crippen molar-refractivity contribution in [2.24, 2.45) is 0 Å². The number of nitrogens with zero attached hydrogens (tertiary/aromatic N) is 1. The summed E-state index contributed by atoms with van der Waals surface area (Å²) in [4.78, 5) is 37.8. The molecule has 166 valence electrons. The molecule has 1 heterocycles. The molecule has 0 aliphatic carbocycles. The molecule has 0 atom stereocenters. The maximum absolute atomic E-state index is 13.8. The van der Waals surface area contributed by atoms with Gasteiger partial charge in [0.1, 0.15) is 17.0 Å². The Morgan fingerprint density at radius 2 is 1.69 bits per heavy atom. The first-order valence-electron chi connectivity index (χ1n) is 9.97. The second kappa shape index (κ2) is 9.47. The number of pyridine rings is 1. The van der Waals surface area contributed by atoms with Gasteiger partial charge >= 0.3 is 6.09 Å². The molecule has 32 heavy (non-hydrogen) atoms. The average Bonchev–Trinajstić information content (AvgIpc) is 2.71. The van der Waals surface area contributed by atoms with E-state index in [-0.39, 0.29) is 16.9 Å². The van der Waals surface area contributed by atoms with Gasteiger partial charge < -0.3 is 14.6 Å². The SMILES string of the molecule is CC(C)(C)OC(=O)Nc1ccc(F)cc1NC(=O)c1cccn(Cc2ccccc2)c1=O. The Kier molecular flexibility index (Phi) is 6.73. The Morgan fingerprint density at radius 3 is 2.38 bits per heavy atom. The number of hydrogen-bond donors (Lipinski definition) is 2. The normalized spacial score (nSPS) is 11.0. The van der Waals surface area contributed by atoms with Crippen molar-refractivity contribution in [3.63, 3.8) is 0 Å². The molecule has 2 N–H and O–H groups in total. The highest BCUT2D eigenvalue weighted by molar-refractivity contribution is 6.06. The smallest absolute Gasteiger partial charge is 0.412 e. The van der Waals surface area contributed by atoms with E-state index >= 15 is 0 Å². The minimum Gasteiger partial charge on any atom is -0.444 e. The van der Waals surface area contributed by atoms with E-state index in [1.54, 1.807) is 33.0 Å². The fraction of sp³-hybridized carbons (Fsp3) is 0.208. The summed E-state index contributed by atoms with van der Waals surface area (Å²) in [5.74, 6) is -1.35. The van der Waals surface area contributed by atoms with Crippen LogP contribution in [-0.2, 0) is 11.3 Å². The predicted octanol–water partition coefficient (Wildman–Crippen LogP) is 4.64. The summed E-state index contributed by atoms with van der Waals surface area (Å²) >= 11 is 0. The largest absolute Gasteiger partial charge is 0.444 e. The molecule has 0 unspecified atom stereocenters. The molecule has 2 aromatic carbocycles. The minimum atomic E-state index is -0.760. The van der Waals surface area contributed by atoms with Crippen molar-refractivity contribution in [2.45, 2.75) is 32.9 Å². The number of hydrogen-bond acceptors (Lipinski definition) is 4. The summed E-state index contributed by atoms with van der Waals surface area (Å²) in [5.41, 5.74) is -0.307. The highest BCUT2D eigenvalue weighted by Gasteiger charge is 2.19. The van der Waals surface area contributed by atoms with Crippen molar-refractivity contribution >= 4 is 23.4 Å². The van der Waals surface area contributed by atoms with E-state index in [9.17, 15) is 18.8 Å². The van der Waals surface area contributed by atoms with Crippen molar-refractivity contribution in [1.29, 1.82) is 0 Å². The average molecular weight is 437 g/mol. The van der Waals surface area contributed by atoms with Crippen molar-refractivity contribution in [3.8, 4) is 0 Å². The molecule has 0 aliphatic rings. The van der Waals surface area contributed by atoms with Gasteiger partial charge in [-0.3, -0.25) is 14.9 Å². The van der Waals surface area contributed by atoms with Gasteiger partial charge in [-0.1, -0.05) is 30.3 Å². The summed E-state index contributed by atoms with van der Waals surface area (Å²) in [7, 11) is 0. The van der Waals surface area contributed by atoms with Gasteiger partial charge in [0.25, 0.3) is 11.5 Å². The number of rotatable bonds is 5. The molecule has 0 aliphatic heterocycles. The molecule has 2 amide bonds. The second-order valence-electron chi connectivity index (χ2n) is 8.11. The monoisotopic (exact) mass is 437 g/mol. The topological polar surface area (TPSA) is 89.4 Å². The maximum Gasteiger partial charge on any atom is 0.412 e. The van der Waals surface area contributed by atoms with Crippen LogP contribution >= 0.6 is 0 Å². The molecule has 0 fully saturated rings. The third kappa shape index (κ3) is 6.04. The fourth-order valence-corrected chi connectivity index (χ4v) is 2.95. The first kappa shape index (κ1) is 22.7. The number of halogens is 1. The molecule has 0 bridgehead atoms. The van der Waals surface area contributed by atoms with E-state index < -0.39 is 29.0 Å². The number of amides is 2. The number of anilines is 2. The zero-order valence-electron chi connectivity index (χ0n) is 18.0. The van der Waals surface area contributed by atoms with E-state index in [0.717, 1.165) is 17.7 Å². The van der Waals surface area contributed by atoms with E-state index in [0.29, 0.717) is 6.54 Å². The first-order chi connectivity index (χ1) is 15.1. The number of nitrogens with one attached hydrogen (secondary N) is 2. The van der Waals surface area contributed by atoms with E-state index in [1.165, 1.54) is 16.7 Å². The van der Waals surface area contributed by atoms with Crippen LogP contribution in [0.4, 0.5) is 20.6 Å². The van der Waals surface area contributed by atoms with Gasteiger partial charge in [0.2, 0.25) is 0 Å². The van der Waals surface area contributed by atoms with E-state index in [2.05, 4.69) is 10.6 Å². The Bertz CT molecular complexity index is 1180. The van der Waals surface area contributed by atoms with Crippen LogP contribution in [0.3, 0.4) is 0 Å². The summed E-state index contributed by atoms with van der Waals surface area (Å²) < 4.78 is 20.4. The quantitative estimate of drug-likeness (QED) is 0.609. The molecule has 0 radical (unpaired) electrons.